The number of rotatable bonds is 3. The van der Waals surface area contributed by atoms with Crippen LogP contribution >= 0.6 is 23.2 Å². The molecule has 2 nitrogen and oxygen atoms in total. The van der Waals surface area contributed by atoms with Crippen molar-refractivity contribution in [2.75, 3.05) is 13.7 Å². The lowest BCUT2D eigenvalue weighted by atomic mass is 9.73. The number of fused-ring (bicyclic) bond motifs is 2. The Balaban J connectivity index is 2.09. The van der Waals surface area contributed by atoms with Crippen LogP contribution in [0, 0.1) is 0 Å². The van der Waals surface area contributed by atoms with Crippen molar-refractivity contribution in [3.8, 4) is 0 Å². The first-order valence-electron chi connectivity index (χ1n) is 6.77. The van der Waals surface area contributed by atoms with E-state index in [2.05, 4.69) is 29.6 Å². The Morgan fingerprint density at radius 3 is 2.79 bits per heavy atom. The molecule has 4 atom stereocenters. The summed E-state index contributed by atoms with van der Waals surface area (Å²) in [6, 6.07) is 10.9. The summed E-state index contributed by atoms with van der Waals surface area (Å²) in [5.74, 6) is 0. The molecule has 104 valence electrons. The first-order valence-corrected chi connectivity index (χ1v) is 7.59. The van der Waals surface area contributed by atoms with Gasteiger partial charge in [0.25, 0.3) is 0 Å². The van der Waals surface area contributed by atoms with Crippen molar-refractivity contribution < 1.29 is 4.74 Å². The zero-order valence-corrected chi connectivity index (χ0v) is 12.5. The smallest absolute Gasteiger partial charge is 0.106 e. The SMILES string of the molecule is COCC1(Cl)C(Cl)CC2CCC1(c1ccccc1)N2. The van der Waals surface area contributed by atoms with Crippen molar-refractivity contribution in [1.82, 2.24) is 5.32 Å². The average Bonchev–Trinajstić information content (AvgIpc) is 2.81. The molecule has 0 aliphatic carbocycles. The van der Waals surface area contributed by atoms with Crippen LogP contribution in [-0.4, -0.2) is 30.0 Å². The van der Waals surface area contributed by atoms with E-state index in [-0.39, 0.29) is 10.9 Å². The zero-order valence-electron chi connectivity index (χ0n) is 11.0. The summed E-state index contributed by atoms with van der Waals surface area (Å²) in [7, 11) is 1.69. The van der Waals surface area contributed by atoms with Gasteiger partial charge in [0.15, 0.2) is 0 Å². The van der Waals surface area contributed by atoms with Gasteiger partial charge in [-0.25, -0.2) is 0 Å². The Hall–Kier alpha value is -0.280. The number of hydrogen-bond acceptors (Lipinski definition) is 2. The molecule has 19 heavy (non-hydrogen) atoms. The maximum Gasteiger partial charge on any atom is 0.106 e. The Morgan fingerprint density at radius 2 is 2.11 bits per heavy atom. The molecule has 2 aliphatic rings. The van der Waals surface area contributed by atoms with Crippen LogP contribution < -0.4 is 5.32 Å². The molecule has 1 aromatic carbocycles. The van der Waals surface area contributed by atoms with Crippen LogP contribution in [-0.2, 0) is 10.3 Å². The van der Waals surface area contributed by atoms with Crippen LogP contribution in [0.3, 0.4) is 0 Å². The molecule has 0 radical (unpaired) electrons. The molecule has 2 aliphatic heterocycles. The fourth-order valence-corrected chi connectivity index (χ4v) is 4.63. The minimum atomic E-state index is -0.600. The molecule has 1 N–H and O–H groups in total. The van der Waals surface area contributed by atoms with Gasteiger partial charge < -0.3 is 10.1 Å². The van der Waals surface area contributed by atoms with Crippen molar-refractivity contribution in [3.05, 3.63) is 35.9 Å². The van der Waals surface area contributed by atoms with Gasteiger partial charge in [-0.15, -0.1) is 23.2 Å². The Morgan fingerprint density at radius 1 is 1.37 bits per heavy atom. The minimum Gasteiger partial charge on any atom is -0.383 e. The number of ether oxygens (including phenoxy) is 1. The third-order valence-electron chi connectivity index (χ3n) is 4.64. The molecule has 2 saturated heterocycles. The number of methoxy groups -OCH3 is 1. The van der Waals surface area contributed by atoms with Crippen LogP contribution in [0.4, 0.5) is 0 Å². The predicted octanol–water partition coefficient (Wildman–Crippen LogP) is 3.27. The van der Waals surface area contributed by atoms with Gasteiger partial charge >= 0.3 is 0 Å². The van der Waals surface area contributed by atoms with Crippen LogP contribution in [0.15, 0.2) is 30.3 Å². The number of hydrogen-bond donors (Lipinski definition) is 1. The topological polar surface area (TPSA) is 21.3 Å². The number of nitrogens with one attached hydrogen (secondary N) is 1. The standard InChI is InChI=1S/C15H19Cl2NO/c1-19-10-14(17)13(16)9-12-7-8-15(14,18-12)11-5-3-2-4-6-11/h2-6,12-13,18H,7-10H2,1H3. The van der Waals surface area contributed by atoms with E-state index in [9.17, 15) is 0 Å². The highest BCUT2D eigenvalue weighted by Gasteiger charge is 2.62. The molecule has 0 spiro atoms. The molecule has 2 fully saturated rings. The Kier molecular flexibility index (Phi) is 3.55. The molecule has 4 unspecified atom stereocenters. The fraction of sp³-hybridized carbons (Fsp3) is 0.600. The van der Waals surface area contributed by atoms with Gasteiger partial charge in [0.2, 0.25) is 0 Å². The summed E-state index contributed by atoms with van der Waals surface area (Å²) < 4.78 is 5.40. The highest BCUT2D eigenvalue weighted by Crippen LogP contribution is 2.54. The normalized spacial score (nSPS) is 41.4. The highest BCUT2D eigenvalue weighted by molar-refractivity contribution is 6.33. The molecule has 2 heterocycles. The minimum absolute atomic E-state index is 0.0805. The van der Waals surface area contributed by atoms with Gasteiger partial charge in [-0.1, -0.05) is 30.3 Å². The van der Waals surface area contributed by atoms with E-state index in [0.717, 1.165) is 19.3 Å². The van der Waals surface area contributed by atoms with Crippen molar-refractivity contribution >= 4 is 23.2 Å². The van der Waals surface area contributed by atoms with Crippen molar-refractivity contribution in [2.24, 2.45) is 0 Å². The zero-order chi connectivity index (χ0) is 13.5. The summed E-state index contributed by atoms with van der Waals surface area (Å²) in [6.45, 7) is 0.456. The van der Waals surface area contributed by atoms with Crippen LogP contribution in [0.5, 0.6) is 0 Å². The quantitative estimate of drug-likeness (QED) is 0.865. The molecule has 0 aromatic heterocycles. The largest absolute Gasteiger partial charge is 0.383 e. The van der Waals surface area contributed by atoms with E-state index in [1.807, 2.05) is 6.07 Å². The molecule has 0 amide bonds. The lowest BCUT2D eigenvalue weighted by molar-refractivity contribution is 0.0911. The van der Waals surface area contributed by atoms with Gasteiger partial charge in [0.05, 0.1) is 17.5 Å². The van der Waals surface area contributed by atoms with Crippen molar-refractivity contribution in [3.63, 3.8) is 0 Å². The lowest BCUT2D eigenvalue weighted by Crippen LogP contribution is -2.66. The Bertz CT molecular complexity index is 455. The Labute approximate surface area is 124 Å². The van der Waals surface area contributed by atoms with Gasteiger partial charge in [-0.3, -0.25) is 0 Å². The maximum atomic E-state index is 6.99. The summed E-state index contributed by atoms with van der Waals surface area (Å²) in [5.41, 5.74) is 0.941. The van der Waals surface area contributed by atoms with E-state index in [4.69, 9.17) is 27.9 Å². The van der Waals surface area contributed by atoms with Crippen LogP contribution in [0.25, 0.3) is 0 Å². The van der Waals surface area contributed by atoms with E-state index in [0.29, 0.717) is 12.6 Å². The molecule has 2 bridgehead atoms. The molecule has 0 saturated carbocycles. The maximum absolute atomic E-state index is 6.99. The van der Waals surface area contributed by atoms with Gasteiger partial charge in [-0.2, -0.15) is 0 Å². The number of halogens is 2. The lowest BCUT2D eigenvalue weighted by Gasteiger charge is -2.51. The highest BCUT2D eigenvalue weighted by atomic mass is 35.5. The van der Waals surface area contributed by atoms with Gasteiger partial charge in [0, 0.05) is 13.2 Å². The molecule has 3 rings (SSSR count). The number of benzene rings is 1. The summed E-state index contributed by atoms with van der Waals surface area (Å²) in [4.78, 5) is -0.600. The first kappa shape index (κ1) is 13.7. The molecule has 1 aromatic rings. The average molecular weight is 300 g/mol. The van der Waals surface area contributed by atoms with E-state index in [1.165, 1.54) is 5.56 Å². The van der Waals surface area contributed by atoms with Gasteiger partial charge in [-0.05, 0) is 24.8 Å². The van der Waals surface area contributed by atoms with Crippen molar-refractivity contribution in [2.45, 2.75) is 41.1 Å². The van der Waals surface area contributed by atoms with Crippen LogP contribution in [0.1, 0.15) is 24.8 Å². The fourth-order valence-electron chi connectivity index (χ4n) is 3.71. The van der Waals surface area contributed by atoms with E-state index >= 15 is 0 Å². The summed E-state index contributed by atoms with van der Waals surface area (Å²) in [5, 5.41) is 3.65. The predicted molar refractivity (Wildman–Crippen MR) is 79.0 cm³/mol. The van der Waals surface area contributed by atoms with Crippen LogP contribution in [0.2, 0.25) is 0 Å². The number of alkyl halides is 2. The molecular formula is C15H19Cl2NO. The molecule has 4 heteroatoms. The summed E-state index contributed by atoms with van der Waals surface area (Å²) >= 11 is 13.6. The van der Waals surface area contributed by atoms with E-state index in [1.54, 1.807) is 7.11 Å². The third-order valence-corrected chi connectivity index (χ3v) is 5.99. The second kappa shape index (κ2) is 4.92. The first-order chi connectivity index (χ1) is 9.12. The number of piperidine rings is 1. The molecular weight excluding hydrogens is 281 g/mol. The second-order valence-electron chi connectivity index (χ2n) is 5.65. The van der Waals surface area contributed by atoms with Crippen molar-refractivity contribution in [1.29, 1.82) is 0 Å². The van der Waals surface area contributed by atoms with Gasteiger partial charge in [0.1, 0.15) is 4.87 Å². The van der Waals surface area contributed by atoms with E-state index < -0.39 is 4.87 Å². The monoisotopic (exact) mass is 299 g/mol. The second-order valence-corrected chi connectivity index (χ2v) is 6.85. The third kappa shape index (κ3) is 1.92. The summed E-state index contributed by atoms with van der Waals surface area (Å²) in [6.07, 6.45) is 3.04.